The van der Waals surface area contributed by atoms with Crippen molar-refractivity contribution in [3.05, 3.63) is 27.0 Å². The van der Waals surface area contributed by atoms with Crippen LogP contribution in [0.3, 0.4) is 0 Å². The Bertz CT molecular complexity index is 491. The van der Waals surface area contributed by atoms with Gasteiger partial charge in [-0.15, -0.1) is 0 Å². The second-order valence-corrected chi connectivity index (χ2v) is 2.06. The van der Waals surface area contributed by atoms with E-state index in [0.29, 0.717) is 5.52 Å². The van der Waals surface area contributed by atoms with Gasteiger partial charge in [-0.2, -0.15) is 4.98 Å². The highest BCUT2D eigenvalue weighted by Crippen LogP contribution is 1.93. The molecule has 2 aromatic heterocycles. The molecule has 0 unspecified atom stereocenters. The van der Waals surface area contributed by atoms with E-state index < -0.39 is 5.69 Å². The van der Waals surface area contributed by atoms with E-state index in [1.807, 2.05) is 0 Å². The van der Waals surface area contributed by atoms with Crippen LogP contribution >= 0.6 is 0 Å². The summed E-state index contributed by atoms with van der Waals surface area (Å²) in [6.45, 7) is 0. The monoisotopic (exact) mass is 152 g/mol. The molecular weight excluding hydrogens is 148 g/mol. The number of aromatic nitrogens is 4. The molecule has 0 spiro atoms. The molecule has 0 aromatic carbocycles. The summed E-state index contributed by atoms with van der Waals surface area (Å²) in [4.78, 5) is 27.2. The van der Waals surface area contributed by atoms with Gasteiger partial charge >= 0.3 is 5.69 Å². The highest BCUT2D eigenvalue weighted by molar-refractivity contribution is 5.70. The van der Waals surface area contributed by atoms with E-state index in [1.54, 1.807) is 0 Å². The average Bonchev–Trinajstić information content (AvgIpc) is 2.33. The van der Waals surface area contributed by atoms with Gasteiger partial charge in [0.25, 0.3) is 5.56 Å². The molecule has 0 aliphatic rings. The van der Waals surface area contributed by atoms with Gasteiger partial charge in [0.15, 0.2) is 0 Å². The van der Waals surface area contributed by atoms with Gasteiger partial charge in [-0.25, -0.2) is 4.79 Å². The normalized spacial score (nSPS) is 10.5. The summed E-state index contributed by atoms with van der Waals surface area (Å²) >= 11 is 0. The van der Waals surface area contributed by atoms with Crippen LogP contribution in [0.25, 0.3) is 11.0 Å². The standard InChI is InChI=1S/C5H4N4O2/c10-4-3-2(8-9-4)1-6-5(11)7-3/h1H,(H,6,7,11)(H2,8,9,10). The second-order valence-electron chi connectivity index (χ2n) is 2.06. The first-order valence-corrected chi connectivity index (χ1v) is 2.93. The Labute approximate surface area is 59.3 Å². The highest BCUT2D eigenvalue weighted by Gasteiger charge is 1.99. The maximum Gasteiger partial charge on any atom is 0.345 e. The Balaban J connectivity index is 3.10. The van der Waals surface area contributed by atoms with Crippen LogP contribution in [0, 0.1) is 0 Å². The van der Waals surface area contributed by atoms with Gasteiger partial charge in [0.05, 0.1) is 6.20 Å². The zero-order chi connectivity index (χ0) is 7.84. The minimum Gasteiger partial charge on any atom is -0.299 e. The Hall–Kier alpha value is -1.85. The molecule has 11 heavy (non-hydrogen) atoms. The second kappa shape index (κ2) is 1.82. The predicted octanol–water partition coefficient (Wildman–Crippen LogP) is -1.06. The molecule has 3 N–H and O–H groups in total. The van der Waals surface area contributed by atoms with E-state index in [-0.39, 0.29) is 11.1 Å². The van der Waals surface area contributed by atoms with Crippen molar-refractivity contribution in [3.63, 3.8) is 0 Å². The third-order valence-electron chi connectivity index (χ3n) is 1.35. The molecule has 0 bridgehead atoms. The Kier molecular flexibility index (Phi) is 0.974. The van der Waals surface area contributed by atoms with Crippen LogP contribution in [0.15, 0.2) is 15.8 Å². The molecule has 6 nitrogen and oxygen atoms in total. The SMILES string of the molecule is O=c1ncc2[nH][nH]c(=O)c2[nH]1. The topological polar surface area (TPSA) is 94.4 Å². The number of nitrogens with zero attached hydrogens (tertiary/aromatic N) is 1. The summed E-state index contributed by atoms with van der Waals surface area (Å²) in [5.74, 6) is 0. The summed E-state index contributed by atoms with van der Waals surface area (Å²) < 4.78 is 0. The van der Waals surface area contributed by atoms with Crippen LogP contribution < -0.4 is 11.2 Å². The van der Waals surface area contributed by atoms with E-state index in [1.165, 1.54) is 6.20 Å². The van der Waals surface area contributed by atoms with E-state index >= 15 is 0 Å². The molecule has 56 valence electrons. The molecule has 0 atom stereocenters. The summed E-state index contributed by atoms with van der Waals surface area (Å²) in [5.41, 5.74) is -0.151. The lowest BCUT2D eigenvalue weighted by Gasteiger charge is -1.81. The minimum atomic E-state index is -0.525. The molecule has 0 aliphatic heterocycles. The number of H-pyrrole nitrogens is 3. The molecule has 0 amide bonds. The quantitative estimate of drug-likeness (QED) is 0.449. The Morgan fingerprint density at radius 1 is 1.27 bits per heavy atom. The molecule has 0 saturated carbocycles. The number of aromatic amines is 3. The maximum atomic E-state index is 10.8. The van der Waals surface area contributed by atoms with Gasteiger partial charge in [-0.05, 0) is 0 Å². The lowest BCUT2D eigenvalue weighted by atomic mass is 10.5. The fourth-order valence-corrected chi connectivity index (χ4v) is 0.855. The number of rotatable bonds is 0. The van der Waals surface area contributed by atoms with Crippen LogP contribution in [0.4, 0.5) is 0 Å². The van der Waals surface area contributed by atoms with Gasteiger partial charge in [0.2, 0.25) is 0 Å². The van der Waals surface area contributed by atoms with Crippen molar-refractivity contribution in [2.24, 2.45) is 0 Å². The first kappa shape index (κ1) is 5.90. The van der Waals surface area contributed by atoms with E-state index in [2.05, 4.69) is 20.2 Å². The third kappa shape index (κ3) is 0.759. The van der Waals surface area contributed by atoms with Gasteiger partial charge in [0.1, 0.15) is 11.0 Å². The fraction of sp³-hybridized carbons (Fsp3) is 0. The van der Waals surface area contributed by atoms with Gasteiger partial charge < -0.3 is 0 Å². The molecule has 2 heterocycles. The molecule has 0 aliphatic carbocycles. The average molecular weight is 152 g/mol. The van der Waals surface area contributed by atoms with Crippen molar-refractivity contribution in [2.75, 3.05) is 0 Å². The number of hydrogen-bond acceptors (Lipinski definition) is 3. The summed E-state index contributed by atoms with van der Waals surface area (Å²) in [6.07, 6.45) is 1.30. The molecule has 2 aromatic rings. The summed E-state index contributed by atoms with van der Waals surface area (Å²) in [5, 5.41) is 4.86. The molecule has 0 fully saturated rings. The third-order valence-corrected chi connectivity index (χ3v) is 1.35. The van der Waals surface area contributed by atoms with Gasteiger partial charge in [-0.3, -0.25) is 20.0 Å². The number of hydrogen-bond donors (Lipinski definition) is 3. The van der Waals surface area contributed by atoms with Gasteiger partial charge in [0, 0.05) is 0 Å². The zero-order valence-corrected chi connectivity index (χ0v) is 5.34. The minimum absolute atomic E-state index is 0.227. The van der Waals surface area contributed by atoms with Crippen molar-refractivity contribution in [1.29, 1.82) is 0 Å². The first-order chi connectivity index (χ1) is 5.27. The van der Waals surface area contributed by atoms with Crippen LogP contribution in [-0.2, 0) is 0 Å². The van der Waals surface area contributed by atoms with Gasteiger partial charge in [-0.1, -0.05) is 0 Å². The van der Waals surface area contributed by atoms with E-state index in [9.17, 15) is 9.59 Å². The van der Waals surface area contributed by atoms with Crippen LogP contribution in [0.2, 0.25) is 0 Å². The number of fused-ring (bicyclic) bond motifs is 1. The van der Waals surface area contributed by atoms with Crippen LogP contribution in [-0.4, -0.2) is 20.2 Å². The van der Waals surface area contributed by atoms with Crippen molar-refractivity contribution in [2.45, 2.75) is 0 Å². The molecule has 6 heteroatoms. The predicted molar refractivity (Wildman–Crippen MR) is 37.3 cm³/mol. The largest absolute Gasteiger partial charge is 0.345 e. The fourth-order valence-electron chi connectivity index (χ4n) is 0.855. The lowest BCUT2D eigenvalue weighted by molar-refractivity contribution is 1.08. The highest BCUT2D eigenvalue weighted by atomic mass is 16.1. The lowest BCUT2D eigenvalue weighted by Crippen LogP contribution is -2.11. The summed E-state index contributed by atoms with van der Waals surface area (Å²) in [7, 11) is 0. The van der Waals surface area contributed by atoms with Crippen molar-refractivity contribution in [1.82, 2.24) is 20.2 Å². The van der Waals surface area contributed by atoms with Crippen molar-refractivity contribution >= 4 is 11.0 Å². The Morgan fingerprint density at radius 3 is 2.91 bits per heavy atom. The van der Waals surface area contributed by atoms with Crippen molar-refractivity contribution in [3.8, 4) is 0 Å². The molecule has 2 rings (SSSR count). The van der Waals surface area contributed by atoms with Crippen molar-refractivity contribution < 1.29 is 0 Å². The van der Waals surface area contributed by atoms with E-state index in [4.69, 9.17) is 0 Å². The van der Waals surface area contributed by atoms with E-state index in [0.717, 1.165) is 0 Å². The summed E-state index contributed by atoms with van der Waals surface area (Å²) in [6, 6.07) is 0. The zero-order valence-electron chi connectivity index (χ0n) is 5.34. The number of nitrogens with one attached hydrogen (secondary N) is 3. The Morgan fingerprint density at radius 2 is 2.09 bits per heavy atom. The molecular formula is C5H4N4O2. The molecule has 0 radical (unpaired) electrons. The smallest absolute Gasteiger partial charge is 0.299 e. The van der Waals surface area contributed by atoms with Crippen LogP contribution in [0.1, 0.15) is 0 Å². The maximum absolute atomic E-state index is 10.8. The first-order valence-electron chi connectivity index (χ1n) is 2.93. The molecule has 0 saturated heterocycles. The van der Waals surface area contributed by atoms with Crippen LogP contribution in [0.5, 0.6) is 0 Å².